The molecule has 80 valence electrons. The van der Waals surface area contributed by atoms with Gasteiger partial charge in [-0.3, -0.25) is 9.59 Å². The normalized spacial score (nSPS) is 31.4. The number of hydrogen-bond donors (Lipinski definition) is 1. The van der Waals surface area contributed by atoms with E-state index in [4.69, 9.17) is 9.84 Å². The first kappa shape index (κ1) is 11.0. The Morgan fingerprint density at radius 1 is 1.57 bits per heavy atom. The summed E-state index contributed by atoms with van der Waals surface area (Å²) >= 11 is 0. The first-order valence-corrected chi connectivity index (χ1v) is 4.89. The molecule has 0 amide bonds. The second-order valence-corrected chi connectivity index (χ2v) is 4.06. The van der Waals surface area contributed by atoms with Gasteiger partial charge in [0, 0.05) is 0 Å². The van der Waals surface area contributed by atoms with Crippen LogP contribution in [0, 0.1) is 11.3 Å². The molecule has 1 aliphatic carbocycles. The lowest BCUT2D eigenvalue weighted by Crippen LogP contribution is -2.25. The molecule has 14 heavy (non-hydrogen) atoms. The fourth-order valence-corrected chi connectivity index (χ4v) is 1.90. The topological polar surface area (TPSA) is 63.6 Å². The maximum absolute atomic E-state index is 11.3. The number of carboxylic acid groups (broad SMARTS) is 1. The van der Waals surface area contributed by atoms with Crippen LogP contribution in [0.5, 0.6) is 0 Å². The van der Waals surface area contributed by atoms with Gasteiger partial charge in [-0.05, 0) is 33.1 Å². The molecule has 0 unspecified atom stereocenters. The first-order chi connectivity index (χ1) is 6.49. The molecule has 0 aromatic rings. The monoisotopic (exact) mass is 200 g/mol. The number of rotatable bonds is 3. The molecule has 2 atom stereocenters. The van der Waals surface area contributed by atoms with Gasteiger partial charge in [0.05, 0.1) is 17.9 Å². The lowest BCUT2D eigenvalue weighted by Gasteiger charge is -2.17. The van der Waals surface area contributed by atoms with Crippen LogP contribution in [-0.4, -0.2) is 23.7 Å². The number of carboxylic acids is 1. The Labute approximate surface area is 83.2 Å². The molecule has 0 spiro atoms. The highest BCUT2D eigenvalue weighted by Gasteiger charge is 2.44. The zero-order valence-electron chi connectivity index (χ0n) is 8.58. The molecule has 1 rings (SSSR count). The van der Waals surface area contributed by atoms with Crippen molar-refractivity contribution in [1.82, 2.24) is 0 Å². The highest BCUT2D eigenvalue weighted by Crippen LogP contribution is 2.42. The lowest BCUT2D eigenvalue weighted by molar-refractivity contribution is -0.150. The molecule has 1 N–H and O–H groups in total. The highest BCUT2D eigenvalue weighted by atomic mass is 16.5. The summed E-state index contributed by atoms with van der Waals surface area (Å²) in [6.07, 6.45) is 1.59. The molecule has 4 heteroatoms. The summed E-state index contributed by atoms with van der Waals surface area (Å²) in [6.45, 7) is 3.80. The van der Waals surface area contributed by atoms with Crippen LogP contribution in [0.15, 0.2) is 0 Å². The molecule has 0 saturated heterocycles. The molecule has 0 aromatic heterocycles. The minimum atomic E-state index is -0.815. The lowest BCUT2D eigenvalue weighted by atomic mass is 9.88. The van der Waals surface area contributed by atoms with Gasteiger partial charge < -0.3 is 9.84 Å². The van der Waals surface area contributed by atoms with Crippen molar-refractivity contribution in [2.75, 3.05) is 6.61 Å². The Bertz CT molecular complexity index is 249. The fourth-order valence-electron chi connectivity index (χ4n) is 1.90. The number of ether oxygens (including phenoxy) is 1. The van der Waals surface area contributed by atoms with Crippen molar-refractivity contribution < 1.29 is 19.4 Å². The van der Waals surface area contributed by atoms with Crippen molar-refractivity contribution >= 4 is 11.9 Å². The van der Waals surface area contributed by atoms with Crippen molar-refractivity contribution in [2.45, 2.75) is 33.1 Å². The van der Waals surface area contributed by atoms with Crippen LogP contribution in [0.1, 0.15) is 33.1 Å². The van der Waals surface area contributed by atoms with Crippen LogP contribution in [0.25, 0.3) is 0 Å². The van der Waals surface area contributed by atoms with Gasteiger partial charge in [0.1, 0.15) is 0 Å². The van der Waals surface area contributed by atoms with Crippen molar-refractivity contribution in [3.63, 3.8) is 0 Å². The van der Waals surface area contributed by atoms with Crippen LogP contribution < -0.4 is 0 Å². The number of hydrogen-bond acceptors (Lipinski definition) is 3. The molecule has 1 aliphatic rings. The van der Waals surface area contributed by atoms with Gasteiger partial charge in [0.2, 0.25) is 0 Å². The maximum atomic E-state index is 11.3. The van der Waals surface area contributed by atoms with Crippen LogP contribution in [0.3, 0.4) is 0 Å². The van der Waals surface area contributed by atoms with Gasteiger partial charge in [-0.25, -0.2) is 0 Å². The molecule has 0 aromatic carbocycles. The fraction of sp³-hybridized carbons (Fsp3) is 0.800. The van der Waals surface area contributed by atoms with Gasteiger partial charge in [0.25, 0.3) is 0 Å². The van der Waals surface area contributed by atoms with Crippen LogP contribution in [0.4, 0.5) is 0 Å². The minimum absolute atomic E-state index is 0.226. The molecular weight excluding hydrogens is 184 g/mol. The Kier molecular flexibility index (Phi) is 3.13. The van der Waals surface area contributed by atoms with E-state index in [1.54, 1.807) is 13.8 Å². The Hall–Kier alpha value is -1.06. The van der Waals surface area contributed by atoms with E-state index in [9.17, 15) is 9.59 Å². The molecule has 0 heterocycles. The van der Waals surface area contributed by atoms with Gasteiger partial charge in [0.15, 0.2) is 0 Å². The highest BCUT2D eigenvalue weighted by molar-refractivity contribution is 5.78. The minimum Gasteiger partial charge on any atom is -0.481 e. The summed E-state index contributed by atoms with van der Waals surface area (Å²) < 4.78 is 4.87. The predicted molar refractivity (Wildman–Crippen MR) is 49.7 cm³/mol. The quantitative estimate of drug-likeness (QED) is 0.700. The van der Waals surface area contributed by atoms with Crippen molar-refractivity contribution in [2.24, 2.45) is 11.3 Å². The third kappa shape index (κ3) is 2.05. The second-order valence-electron chi connectivity index (χ2n) is 4.06. The Balaban J connectivity index is 2.56. The van der Waals surface area contributed by atoms with Gasteiger partial charge in [-0.1, -0.05) is 0 Å². The van der Waals surface area contributed by atoms with E-state index >= 15 is 0 Å². The average molecular weight is 200 g/mol. The molecule has 1 saturated carbocycles. The number of carbonyl (C=O) groups is 2. The van der Waals surface area contributed by atoms with E-state index in [1.807, 2.05) is 0 Å². The van der Waals surface area contributed by atoms with E-state index in [0.717, 1.165) is 0 Å². The average Bonchev–Trinajstić information content (AvgIpc) is 2.50. The van der Waals surface area contributed by atoms with Gasteiger partial charge in [-0.2, -0.15) is 0 Å². The molecule has 4 nitrogen and oxygen atoms in total. The summed E-state index contributed by atoms with van der Waals surface area (Å²) in [5.74, 6) is -1.29. The van der Waals surface area contributed by atoms with Crippen molar-refractivity contribution in [1.29, 1.82) is 0 Å². The molecular formula is C10H16O4. The maximum Gasteiger partial charge on any atom is 0.309 e. The number of carbonyl (C=O) groups excluding carboxylic acids is 1. The van der Waals surface area contributed by atoms with Gasteiger partial charge in [-0.15, -0.1) is 0 Å². The Morgan fingerprint density at radius 3 is 2.64 bits per heavy atom. The summed E-state index contributed by atoms with van der Waals surface area (Å²) in [5.41, 5.74) is -0.739. The van der Waals surface area contributed by atoms with E-state index < -0.39 is 11.4 Å². The van der Waals surface area contributed by atoms with E-state index in [-0.39, 0.29) is 11.9 Å². The van der Waals surface area contributed by atoms with E-state index in [0.29, 0.717) is 25.9 Å². The Morgan fingerprint density at radius 2 is 2.21 bits per heavy atom. The standard InChI is InChI=1S/C10H16O4/c1-3-14-8(11)7-4-5-10(2,6-7)9(12)13/h7H,3-6H2,1-2H3,(H,12,13)/t7-,10-/m0/s1. The van der Waals surface area contributed by atoms with Crippen molar-refractivity contribution in [3.8, 4) is 0 Å². The number of aliphatic carboxylic acids is 1. The summed E-state index contributed by atoms with van der Waals surface area (Å²) in [5, 5.41) is 8.95. The second kappa shape index (κ2) is 3.98. The zero-order valence-corrected chi connectivity index (χ0v) is 8.58. The van der Waals surface area contributed by atoms with Crippen LogP contribution in [-0.2, 0) is 14.3 Å². The number of esters is 1. The summed E-state index contributed by atoms with van der Waals surface area (Å²) in [6, 6.07) is 0. The molecule has 0 aliphatic heterocycles. The smallest absolute Gasteiger partial charge is 0.309 e. The predicted octanol–water partition coefficient (Wildman–Crippen LogP) is 1.44. The zero-order chi connectivity index (χ0) is 10.8. The van der Waals surface area contributed by atoms with Crippen LogP contribution >= 0.6 is 0 Å². The first-order valence-electron chi connectivity index (χ1n) is 4.89. The van der Waals surface area contributed by atoms with E-state index in [2.05, 4.69) is 0 Å². The van der Waals surface area contributed by atoms with Gasteiger partial charge >= 0.3 is 11.9 Å². The van der Waals surface area contributed by atoms with Crippen molar-refractivity contribution in [3.05, 3.63) is 0 Å². The van der Waals surface area contributed by atoms with Crippen LogP contribution in [0.2, 0.25) is 0 Å². The third-order valence-electron chi connectivity index (χ3n) is 2.88. The summed E-state index contributed by atoms with van der Waals surface area (Å²) in [7, 11) is 0. The molecule has 1 fully saturated rings. The largest absolute Gasteiger partial charge is 0.481 e. The molecule has 0 bridgehead atoms. The van der Waals surface area contributed by atoms with E-state index in [1.165, 1.54) is 0 Å². The SMILES string of the molecule is CCOC(=O)[C@H]1CC[C@](C)(C(=O)O)C1. The summed E-state index contributed by atoms with van der Waals surface area (Å²) in [4.78, 5) is 22.2. The third-order valence-corrected chi connectivity index (χ3v) is 2.88. The molecule has 0 radical (unpaired) electrons.